The van der Waals surface area contributed by atoms with Gasteiger partial charge in [-0.2, -0.15) is 0 Å². The second kappa shape index (κ2) is 8.81. The molecule has 0 aliphatic heterocycles. The largest absolute Gasteiger partial charge is 0.497 e. The molecule has 0 unspecified atom stereocenters. The van der Waals surface area contributed by atoms with Gasteiger partial charge in [0.05, 0.1) is 26.4 Å². The molecule has 0 bridgehead atoms. The first-order valence-electron chi connectivity index (χ1n) is 6.24. The fourth-order valence-corrected chi connectivity index (χ4v) is 2.20. The van der Waals surface area contributed by atoms with Crippen LogP contribution in [0.5, 0.6) is 11.5 Å². The van der Waals surface area contributed by atoms with Crippen LogP contribution >= 0.6 is 15.9 Å². The molecule has 0 atom stereocenters. The molecule has 112 valence electrons. The fourth-order valence-electron chi connectivity index (χ4n) is 1.77. The summed E-state index contributed by atoms with van der Waals surface area (Å²) in [4.78, 5) is 14.3. The quantitative estimate of drug-likeness (QED) is 0.677. The average Bonchev–Trinajstić information content (AvgIpc) is 2.50. The van der Waals surface area contributed by atoms with Gasteiger partial charge in [0.1, 0.15) is 11.5 Å². The van der Waals surface area contributed by atoms with Crippen molar-refractivity contribution in [3.63, 3.8) is 0 Å². The van der Waals surface area contributed by atoms with Crippen LogP contribution < -0.4 is 9.47 Å². The SMILES string of the molecule is COCCN(CCBr)C(=O)c1cc(OC)ccc1OC. The summed E-state index contributed by atoms with van der Waals surface area (Å²) in [6.07, 6.45) is 0. The van der Waals surface area contributed by atoms with Gasteiger partial charge in [0, 0.05) is 25.5 Å². The molecule has 0 fully saturated rings. The molecule has 0 aliphatic carbocycles. The number of halogens is 1. The first-order valence-corrected chi connectivity index (χ1v) is 7.36. The number of hydrogen-bond donors (Lipinski definition) is 0. The van der Waals surface area contributed by atoms with Gasteiger partial charge in [-0.15, -0.1) is 0 Å². The van der Waals surface area contributed by atoms with E-state index in [1.807, 2.05) is 0 Å². The lowest BCUT2D eigenvalue weighted by Crippen LogP contribution is -2.35. The summed E-state index contributed by atoms with van der Waals surface area (Å²) in [5.74, 6) is 1.06. The fraction of sp³-hybridized carbons (Fsp3) is 0.500. The molecule has 1 rings (SSSR count). The predicted octanol–water partition coefficient (Wildman–Crippen LogP) is 2.19. The molecule has 0 spiro atoms. The van der Waals surface area contributed by atoms with Crippen LogP contribution in [0.4, 0.5) is 0 Å². The Morgan fingerprint density at radius 1 is 1.20 bits per heavy atom. The van der Waals surface area contributed by atoms with Crippen molar-refractivity contribution < 1.29 is 19.0 Å². The minimum absolute atomic E-state index is 0.0998. The Morgan fingerprint density at radius 3 is 2.50 bits per heavy atom. The molecule has 0 saturated carbocycles. The highest BCUT2D eigenvalue weighted by atomic mass is 79.9. The van der Waals surface area contributed by atoms with E-state index in [0.29, 0.717) is 42.1 Å². The lowest BCUT2D eigenvalue weighted by Gasteiger charge is -2.22. The third kappa shape index (κ3) is 4.38. The van der Waals surface area contributed by atoms with Crippen molar-refractivity contribution in [3.8, 4) is 11.5 Å². The summed E-state index contributed by atoms with van der Waals surface area (Å²) >= 11 is 3.36. The van der Waals surface area contributed by atoms with Crippen LogP contribution in [0.2, 0.25) is 0 Å². The summed E-state index contributed by atoms with van der Waals surface area (Å²) in [5.41, 5.74) is 0.490. The zero-order valence-electron chi connectivity index (χ0n) is 12.0. The van der Waals surface area contributed by atoms with Crippen LogP contribution in [0.15, 0.2) is 18.2 Å². The number of carbonyl (C=O) groups excluding carboxylic acids is 1. The van der Waals surface area contributed by atoms with E-state index in [0.717, 1.165) is 0 Å². The summed E-state index contributed by atoms with van der Waals surface area (Å²) in [5, 5.41) is 0.703. The Hall–Kier alpha value is -1.27. The first kappa shape index (κ1) is 16.8. The number of benzene rings is 1. The van der Waals surface area contributed by atoms with Crippen molar-refractivity contribution in [1.29, 1.82) is 0 Å². The zero-order valence-corrected chi connectivity index (χ0v) is 13.6. The smallest absolute Gasteiger partial charge is 0.257 e. The molecular formula is C14H20BrNO4. The van der Waals surface area contributed by atoms with Crippen molar-refractivity contribution >= 4 is 21.8 Å². The number of rotatable bonds is 8. The molecular weight excluding hydrogens is 326 g/mol. The molecule has 0 saturated heterocycles. The molecule has 20 heavy (non-hydrogen) atoms. The second-order valence-corrected chi connectivity index (χ2v) is 4.83. The van der Waals surface area contributed by atoms with E-state index in [4.69, 9.17) is 14.2 Å². The Morgan fingerprint density at radius 2 is 1.95 bits per heavy atom. The average molecular weight is 346 g/mol. The number of nitrogens with zero attached hydrogens (tertiary/aromatic N) is 1. The summed E-state index contributed by atoms with van der Waals surface area (Å²) in [7, 11) is 4.72. The van der Waals surface area contributed by atoms with Crippen molar-refractivity contribution in [1.82, 2.24) is 4.90 Å². The number of alkyl halides is 1. The summed E-state index contributed by atoms with van der Waals surface area (Å²) in [6.45, 7) is 1.62. The zero-order chi connectivity index (χ0) is 15.0. The van der Waals surface area contributed by atoms with E-state index in [1.165, 1.54) is 0 Å². The molecule has 0 heterocycles. The van der Waals surface area contributed by atoms with Gasteiger partial charge < -0.3 is 19.1 Å². The summed E-state index contributed by atoms with van der Waals surface area (Å²) < 4.78 is 15.5. The summed E-state index contributed by atoms with van der Waals surface area (Å²) in [6, 6.07) is 5.18. The molecule has 1 amide bonds. The van der Waals surface area contributed by atoms with Crippen LogP contribution in [-0.4, -0.2) is 57.2 Å². The maximum absolute atomic E-state index is 12.6. The van der Waals surface area contributed by atoms with E-state index in [2.05, 4.69) is 15.9 Å². The highest BCUT2D eigenvalue weighted by Crippen LogP contribution is 2.25. The van der Waals surface area contributed by atoms with Gasteiger partial charge >= 0.3 is 0 Å². The molecule has 1 aromatic rings. The Bertz CT molecular complexity index is 439. The number of ether oxygens (including phenoxy) is 3. The number of amides is 1. The highest BCUT2D eigenvalue weighted by molar-refractivity contribution is 9.09. The van der Waals surface area contributed by atoms with Crippen molar-refractivity contribution in [2.24, 2.45) is 0 Å². The van der Waals surface area contributed by atoms with E-state index in [9.17, 15) is 4.79 Å². The Labute approximate surface area is 127 Å². The molecule has 6 heteroatoms. The topological polar surface area (TPSA) is 48.0 Å². The molecule has 0 aliphatic rings. The van der Waals surface area contributed by atoms with Gasteiger partial charge in [0.25, 0.3) is 5.91 Å². The van der Waals surface area contributed by atoms with Crippen molar-refractivity contribution in [3.05, 3.63) is 23.8 Å². The van der Waals surface area contributed by atoms with Gasteiger partial charge in [0.15, 0.2) is 0 Å². The maximum Gasteiger partial charge on any atom is 0.257 e. The monoisotopic (exact) mass is 345 g/mol. The van der Waals surface area contributed by atoms with E-state index in [-0.39, 0.29) is 5.91 Å². The van der Waals surface area contributed by atoms with Gasteiger partial charge in [-0.05, 0) is 18.2 Å². The number of carbonyl (C=O) groups is 1. The van der Waals surface area contributed by atoms with Crippen LogP contribution in [0.25, 0.3) is 0 Å². The standard InChI is InChI=1S/C14H20BrNO4/c1-18-9-8-16(7-6-15)14(17)12-10-11(19-2)4-5-13(12)20-3/h4-5,10H,6-9H2,1-3H3. The van der Waals surface area contributed by atoms with E-state index < -0.39 is 0 Å². The Balaban J connectivity index is 3.02. The molecule has 0 N–H and O–H groups in total. The van der Waals surface area contributed by atoms with Crippen LogP contribution in [-0.2, 0) is 4.74 Å². The van der Waals surface area contributed by atoms with E-state index >= 15 is 0 Å². The molecule has 5 nitrogen and oxygen atoms in total. The van der Waals surface area contributed by atoms with Gasteiger partial charge in [-0.25, -0.2) is 0 Å². The van der Waals surface area contributed by atoms with Crippen LogP contribution in [0.3, 0.4) is 0 Å². The Kier molecular flexibility index (Phi) is 7.40. The minimum Gasteiger partial charge on any atom is -0.497 e. The molecule has 0 radical (unpaired) electrons. The highest BCUT2D eigenvalue weighted by Gasteiger charge is 2.19. The maximum atomic E-state index is 12.6. The van der Waals surface area contributed by atoms with Crippen LogP contribution in [0.1, 0.15) is 10.4 Å². The predicted molar refractivity (Wildman–Crippen MR) is 81.1 cm³/mol. The first-order chi connectivity index (χ1) is 9.67. The van der Waals surface area contributed by atoms with Gasteiger partial charge in [0.2, 0.25) is 0 Å². The third-order valence-electron chi connectivity index (χ3n) is 2.84. The minimum atomic E-state index is -0.0998. The lowest BCUT2D eigenvalue weighted by molar-refractivity contribution is 0.0705. The third-order valence-corrected chi connectivity index (χ3v) is 3.20. The van der Waals surface area contributed by atoms with Gasteiger partial charge in [-0.3, -0.25) is 4.79 Å². The lowest BCUT2D eigenvalue weighted by atomic mass is 10.1. The number of hydrogen-bond acceptors (Lipinski definition) is 4. The normalized spacial score (nSPS) is 10.2. The molecule has 0 aromatic heterocycles. The van der Waals surface area contributed by atoms with Crippen molar-refractivity contribution in [2.75, 3.05) is 46.4 Å². The van der Waals surface area contributed by atoms with Crippen LogP contribution in [0, 0.1) is 0 Å². The van der Waals surface area contributed by atoms with E-state index in [1.54, 1.807) is 44.4 Å². The number of methoxy groups -OCH3 is 3. The van der Waals surface area contributed by atoms with Gasteiger partial charge in [-0.1, -0.05) is 15.9 Å². The second-order valence-electron chi connectivity index (χ2n) is 4.04. The van der Waals surface area contributed by atoms with Crippen molar-refractivity contribution in [2.45, 2.75) is 0 Å². The molecule has 1 aromatic carbocycles.